The fraction of sp³-hybridized carbons (Fsp3) is 0.259. The normalized spacial score (nSPS) is 10.6. The van der Waals surface area contributed by atoms with Crippen molar-refractivity contribution in [2.24, 2.45) is 0 Å². The van der Waals surface area contributed by atoms with Crippen LogP contribution in [0.4, 0.5) is 21.0 Å². The van der Waals surface area contributed by atoms with Gasteiger partial charge in [-0.3, -0.25) is 15.5 Å². The molecule has 7 heteroatoms. The molecule has 0 aliphatic carbocycles. The highest BCUT2D eigenvalue weighted by Gasteiger charge is 2.11. The van der Waals surface area contributed by atoms with E-state index in [1.54, 1.807) is 0 Å². The van der Waals surface area contributed by atoms with Gasteiger partial charge in [-0.1, -0.05) is 54.6 Å². The van der Waals surface area contributed by atoms with Crippen LogP contribution >= 0.6 is 0 Å². The van der Waals surface area contributed by atoms with E-state index in [-0.39, 0.29) is 13.2 Å². The molecule has 0 radical (unpaired) electrons. The summed E-state index contributed by atoms with van der Waals surface area (Å²) in [6, 6.07) is 25.0. The first kappa shape index (κ1) is 24.8. The van der Waals surface area contributed by atoms with Crippen molar-refractivity contribution in [1.29, 1.82) is 0 Å². The fourth-order valence-corrected chi connectivity index (χ4v) is 3.40. The predicted octanol–water partition coefficient (Wildman–Crippen LogP) is 5.60. The predicted molar refractivity (Wildman–Crippen MR) is 134 cm³/mol. The second kappa shape index (κ2) is 13.0. The van der Waals surface area contributed by atoms with Gasteiger partial charge in [0.2, 0.25) is 0 Å². The van der Waals surface area contributed by atoms with Crippen LogP contribution in [0.1, 0.15) is 16.7 Å². The molecule has 34 heavy (non-hydrogen) atoms. The maximum Gasteiger partial charge on any atom is 0.411 e. The van der Waals surface area contributed by atoms with Gasteiger partial charge in [0.1, 0.15) is 13.2 Å². The molecule has 3 aromatic rings. The number of anilines is 2. The SMILES string of the molecule is Cc1cccc(NC(=O)OCCN(CCOC(=O)Nc2cccc(C)c2)Cc2ccccc2)c1. The summed E-state index contributed by atoms with van der Waals surface area (Å²) < 4.78 is 10.7. The first-order valence-corrected chi connectivity index (χ1v) is 11.2. The number of hydrogen-bond acceptors (Lipinski definition) is 5. The fourth-order valence-electron chi connectivity index (χ4n) is 3.40. The van der Waals surface area contributed by atoms with Crippen molar-refractivity contribution in [3.05, 3.63) is 95.6 Å². The second-order valence-corrected chi connectivity index (χ2v) is 8.02. The third-order valence-electron chi connectivity index (χ3n) is 5.06. The molecule has 7 nitrogen and oxygen atoms in total. The lowest BCUT2D eigenvalue weighted by Gasteiger charge is -2.22. The van der Waals surface area contributed by atoms with Crippen molar-refractivity contribution in [3.63, 3.8) is 0 Å². The van der Waals surface area contributed by atoms with E-state index in [0.717, 1.165) is 16.7 Å². The Morgan fingerprint density at radius 1 is 0.706 bits per heavy atom. The molecule has 0 fully saturated rings. The molecule has 0 atom stereocenters. The van der Waals surface area contributed by atoms with E-state index in [9.17, 15) is 9.59 Å². The third-order valence-corrected chi connectivity index (χ3v) is 5.06. The topological polar surface area (TPSA) is 79.9 Å². The highest BCUT2D eigenvalue weighted by molar-refractivity contribution is 5.85. The molecule has 0 heterocycles. The highest BCUT2D eigenvalue weighted by Crippen LogP contribution is 2.11. The number of nitrogens with zero attached hydrogens (tertiary/aromatic N) is 1. The molecule has 2 amide bonds. The number of rotatable bonds is 10. The monoisotopic (exact) mass is 461 g/mol. The molecule has 0 unspecified atom stereocenters. The minimum absolute atomic E-state index is 0.208. The minimum atomic E-state index is -0.501. The number of carbonyl (C=O) groups excluding carboxylic acids is 2. The Labute approximate surface area is 200 Å². The van der Waals surface area contributed by atoms with Gasteiger partial charge in [-0.2, -0.15) is 0 Å². The number of hydrogen-bond donors (Lipinski definition) is 2. The maximum absolute atomic E-state index is 12.1. The Morgan fingerprint density at radius 3 is 1.68 bits per heavy atom. The molecule has 0 bridgehead atoms. The molecule has 3 aromatic carbocycles. The van der Waals surface area contributed by atoms with Crippen LogP contribution in [-0.4, -0.2) is 43.4 Å². The highest BCUT2D eigenvalue weighted by atomic mass is 16.6. The summed E-state index contributed by atoms with van der Waals surface area (Å²) in [5.74, 6) is 0. The van der Waals surface area contributed by atoms with Crippen molar-refractivity contribution >= 4 is 23.6 Å². The quantitative estimate of drug-likeness (QED) is 0.411. The van der Waals surface area contributed by atoms with Gasteiger partial charge in [-0.05, 0) is 54.8 Å². The Balaban J connectivity index is 1.46. The van der Waals surface area contributed by atoms with Gasteiger partial charge in [-0.25, -0.2) is 9.59 Å². The molecule has 0 saturated heterocycles. The van der Waals surface area contributed by atoms with Crippen molar-refractivity contribution in [1.82, 2.24) is 4.90 Å². The van der Waals surface area contributed by atoms with Crippen LogP contribution in [0.2, 0.25) is 0 Å². The van der Waals surface area contributed by atoms with Gasteiger partial charge in [0.05, 0.1) is 0 Å². The summed E-state index contributed by atoms with van der Waals surface area (Å²) in [4.78, 5) is 26.3. The Hall–Kier alpha value is -3.84. The number of aryl methyl sites for hydroxylation is 2. The number of amides is 2. The Bertz CT molecular complexity index is 1010. The summed E-state index contributed by atoms with van der Waals surface area (Å²) in [5, 5.41) is 5.47. The van der Waals surface area contributed by atoms with Gasteiger partial charge in [0.15, 0.2) is 0 Å². The van der Waals surface area contributed by atoms with Crippen LogP contribution in [0, 0.1) is 13.8 Å². The summed E-state index contributed by atoms with van der Waals surface area (Å²) in [6.45, 7) is 5.98. The van der Waals surface area contributed by atoms with Gasteiger partial charge >= 0.3 is 12.2 Å². The largest absolute Gasteiger partial charge is 0.448 e. The van der Waals surface area contributed by atoms with Crippen LogP contribution in [0.15, 0.2) is 78.9 Å². The van der Waals surface area contributed by atoms with Crippen LogP contribution in [0.25, 0.3) is 0 Å². The molecule has 3 rings (SSSR count). The van der Waals surface area contributed by atoms with Crippen LogP contribution < -0.4 is 10.6 Å². The third kappa shape index (κ3) is 8.96. The standard InChI is InChI=1S/C27H31N3O4/c1-21-8-6-12-24(18-21)28-26(31)33-16-14-30(20-23-10-4-3-5-11-23)15-17-34-27(32)29-25-13-7-9-22(2)19-25/h3-13,18-19H,14-17,20H2,1-2H3,(H,28,31)(H,29,32). The maximum atomic E-state index is 12.1. The van der Waals surface area contributed by atoms with Gasteiger partial charge < -0.3 is 9.47 Å². The van der Waals surface area contributed by atoms with Crippen molar-refractivity contribution in [3.8, 4) is 0 Å². The van der Waals surface area contributed by atoms with Crippen molar-refractivity contribution in [2.45, 2.75) is 20.4 Å². The van der Waals surface area contributed by atoms with Gasteiger partial charge in [-0.15, -0.1) is 0 Å². The zero-order valence-corrected chi connectivity index (χ0v) is 19.6. The molecule has 0 spiro atoms. The van der Waals surface area contributed by atoms with E-state index >= 15 is 0 Å². The van der Waals surface area contributed by atoms with Gasteiger partial charge in [0.25, 0.3) is 0 Å². The zero-order chi connectivity index (χ0) is 24.2. The summed E-state index contributed by atoms with van der Waals surface area (Å²) in [5.41, 5.74) is 4.62. The molecule has 178 valence electrons. The molecular weight excluding hydrogens is 430 g/mol. The number of benzene rings is 3. The van der Waals surface area contributed by atoms with Crippen LogP contribution in [-0.2, 0) is 16.0 Å². The van der Waals surface area contributed by atoms with E-state index in [4.69, 9.17) is 9.47 Å². The first-order chi connectivity index (χ1) is 16.5. The van der Waals surface area contributed by atoms with E-state index in [1.165, 1.54) is 0 Å². The van der Waals surface area contributed by atoms with E-state index in [1.807, 2.05) is 92.7 Å². The Morgan fingerprint density at radius 2 is 1.21 bits per heavy atom. The average molecular weight is 462 g/mol. The van der Waals surface area contributed by atoms with Crippen molar-refractivity contribution < 1.29 is 19.1 Å². The smallest absolute Gasteiger partial charge is 0.411 e. The van der Waals surface area contributed by atoms with Crippen molar-refractivity contribution in [2.75, 3.05) is 36.9 Å². The summed E-state index contributed by atoms with van der Waals surface area (Å²) >= 11 is 0. The zero-order valence-electron chi connectivity index (χ0n) is 19.6. The first-order valence-electron chi connectivity index (χ1n) is 11.2. The van der Waals surface area contributed by atoms with Crippen LogP contribution in [0.5, 0.6) is 0 Å². The summed E-state index contributed by atoms with van der Waals surface area (Å²) in [7, 11) is 0. The second-order valence-electron chi connectivity index (χ2n) is 8.02. The number of ether oxygens (including phenoxy) is 2. The molecule has 0 saturated carbocycles. The summed E-state index contributed by atoms with van der Waals surface area (Å²) in [6.07, 6.45) is -1.00. The molecular formula is C27H31N3O4. The number of nitrogens with one attached hydrogen (secondary N) is 2. The molecule has 2 N–H and O–H groups in total. The van der Waals surface area contributed by atoms with E-state index in [0.29, 0.717) is 31.0 Å². The lowest BCUT2D eigenvalue weighted by atomic mass is 10.2. The van der Waals surface area contributed by atoms with E-state index in [2.05, 4.69) is 15.5 Å². The molecule has 0 aliphatic heterocycles. The average Bonchev–Trinajstić information content (AvgIpc) is 2.79. The molecule has 0 aromatic heterocycles. The van der Waals surface area contributed by atoms with Crippen LogP contribution in [0.3, 0.4) is 0 Å². The van der Waals surface area contributed by atoms with Gasteiger partial charge in [0, 0.05) is 31.0 Å². The minimum Gasteiger partial charge on any atom is -0.448 e. The van der Waals surface area contributed by atoms with E-state index < -0.39 is 12.2 Å². The lowest BCUT2D eigenvalue weighted by Crippen LogP contribution is -2.32. The number of carbonyl (C=O) groups is 2. The molecule has 0 aliphatic rings. The lowest BCUT2D eigenvalue weighted by molar-refractivity contribution is 0.114. The Kier molecular flexibility index (Phi) is 9.49.